The number of rotatable bonds is 1. The first-order valence-corrected chi connectivity index (χ1v) is 5.35. The summed E-state index contributed by atoms with van der Waals surface area (Å²) in [6, 6.07) is 3.72. The van der Waals surface area contributed by atoms with E-state index in [4.69, 9.17) is 23.2 Å². The highest BCUT2D eigenvalue weighted by Gasteiger charge is 2.36. The van der Waals surface area contributed by atoms with Crippen LogP contribution in [0.1, 0.15) is 6.92 Å². The summed E-state index contributed by atoms with van der Waals surface area (Å²) < 4.78 is 0. The van der Waals surface area contributed by atoms with Crippen LogP contribution < -0.4 is 10.2 Å². The Morgan fingerprint density at radius 2 is 1.75 bits per heavy atom. The van der Waals surface area contributed by atoms with Crippen molar-refractivity contribution in [2.45, 2.75) is 13.0 Å². The van der Waals surface area contributed by atoms with Crippen molar-refractivity contribution in [3.05, 3.63) is 28.2 Å². The first-order chi connectivity index (χ1) is 7.49. The van der Waals surface area contributed by atoms with Gasteiger partial charge in [0, 0.05) is 15.7 Å². The molecule has 0 saturated carbocycles. The SMILES string of the molecule is CC1C(=O)NC(=O)N1c1cc(Cl)cc(Cl)c1. The highest BCUT2D eigenvalue weighted by Crippen LogP contribution is 2.28. The van der Waals surface area contributed by atoms with Gasteiger partial charge in [0.2, 0.25) is 0 Å². The lowest BCUT2D eigenvalue weighted by Crippen LogP contribution is -2.32. The summed E-state index contributed by atoms with van der Waals surface area (Å²) in [6.07, 6.45) is 0. The molecule has 84 valence electrons. The average Bonchev–Trinajstić information content (AvgIpc) is 2.39. The van der Waals surface area contributed by atoms with Crippen molar-refractivity contribution in [3.63, 3.8) is 0 Å². The molecule has 1 saturated heterocycles. The Labute approximate surface area is 102 Å². The molecule has 2 rings (SSSR count). The summed E-state index contributed by atoms with van der Waals surface area (Å²) in [6.45, 7) is 1.63. The van der Waals surface area contributed by atoms with E-state index in [1.165, 1.54) is 4.90 Å². The summed E-state index contributed by atoms with van der Waals surface area (Å²) >= 11 is 11.7. The molecule has 1 aliphatic rings. The normalized spacial score (nSPS) is 20.2. The number of nitrogens with one attached hydrogen (secondary N) is 1. The van der Waals surface area contributed by atoms with Crippen LogP contribution in [0.15, 0.2) is 18.2 Å². The first kappa shape index (κ1) is 11.2. The Bertz CT molecular complexity index is 456. The summed E-state index contributed by atoms with van der Waals surface area (Å²) in [7, 11) is 0. The first-order valence-electron chi connectivity index (χ1n) is 4.59. The molecule has 0 bridgehead atoms. The molecule has 0 spiro atoms. The van der Waals surface area contributed by atoms with Crippen LogP contribution in [0.2, 0.25) is 10.0 Å². The van der Waals surface area contributed by atoms with E-state index in [0.29, 0.717) is 15.7 Å². The van der Waals surface area contributed by atoms with Crippen LogP contribution in [-0.4, -0.2) is 18.0 Å². The molecular weight excluding hydrogens is 251 g/mol. The summed E-state index contributed by atoms with van der Waals surface area (Å²) in [5.74, 6) is -0.332. The van der Waals surface area contributed by atoms with Crippen LogP contribution in [0.3, 0.4) is 0 Å². The van der Waals surface area contributed by atoms with Gasteiger partial charge in [-0.3, -0.25) is 15.0 Å². The molecule has 1 fully saturated rings. The zero-order chi connectivity index (χ0) is 11.9. The van der Waals surface area contributed by atoms with Crippen molar-refractivity contribution < 1.29 is 9.59 Å². The topological polar surface area (TPSA) is 49.4 Å². The molecule has 1 N–H and O–H groups in total. The Morgan fingerprint density at radius 3 is 2.19 bits per heavy atom. The minimum Gasteiger partial charge on any atom is -0.282 e. The number of imide groups is 1. The van der Waals surface area contributed by atoms with Gasteiger partial charge in [-0.15, -0.1) is 0 Å². The van der Waals surface area contributed by atoms with Gasteiger partial charge in [0.1, 0.15) is 6.04 Å². The van der Waals surface area contributed by atoms with Crippen molar-refractivity contribution in [1.82, 2.24) is 5.32 Å². The van der Waals surface area contributed by atoms with E-state index in [1.54, 1.807) is 25.1 Å². The average molecular weight is 259 g/mol. The van der Waals surface area contributed by atoms with Gasteiger partial charge >= 0.3 is 6.03 Å². The number of anilines is 1. The van der Waals surface area contributed by atoms with Crippen LogP contribution in [-0.2, 0) is 4.79 Å². The minimum absolute atomic E-state index is 0.332. The Morgan fingerprint density at radius 1 is 1.19 bits per heavy atom. The zero-order valence-corrected chi connectivity index (χ0v) is 9.84. The van der Waals surface area contributed by atoms with Crippen molar-refractivity contribution in [3.8, 4) is 0 Å². The van der Waals surface area contributed by atoms with Crippen molar-refractivity contribution >= 4 is 40.8 Å². The number of nitrogens with zero attached hydrogens (tertiary/aromatic N) is 1. The number of amides is 3. The molecule has 1 aromatic rings. The molecule has 1 unspecified atom stereocenters. The standard InChI is InChI=1S/C10H8Cl2N2O2/c1-5-9(15)13-10(16)14(5)8-3-6(11)2-7(12)4-8/h2-5H,1H3,(H,13,15,16). The summed E-state index contributed by atoms with van der Waals surface area (Å²) in [5.41, 5.74) is 0.508. The van der Waals surface area contributed by atoms with Crippen molar-refractivity contribution in [2.24, 2.45) is 0 Å². The molecule has 0 aromatic heterocycles. The van der Waals surface area contributed by atoms with Gasteiger partial charge in [-0.25, -0.2) is 4.79 Å². The van der Waals surface area contributed by atoms with Gasteiger partial charge in [0.15, 0.2) is 0 Å². The molecule has 0 aliphatic carbocycles. The number of carbonyl (C=O) groups is 2. The second-order valence-electron chi connectivity index (χ2n) is 3.47. The number of hydrogen-bond acceptors (Lipinski definition) is 2. The lowest BCUT2D eigenvalue weighted by Gasteiger charge is -2.18. The summed E-state index contributed by atoms with van der Waals surface area (Å²) in [5, 5.41) is 3.05. The molecule has 4 nitrogen and oxygen atoms in total. The van der Waals surface area contributed by atoms with Gasteiger partial charge in [0.25, 0.3) is 5.91 Å². The third kappa shape index (κ3) is 1.86. The molecule has 1 heterocycles. The number of benzene rings is 1. The van der Waals surface area contributed by atoms with Crippen LogP contribution in [0, 0.1) is 0 Å². The van der Waals surface area contributed by atoms with E-state index in [1.807, 2.05) is 0 Å². The quantitative estimate of drug-likeness (QED) is 0.787. The van der Waals surface area contributed by atoms with Gasteiger partial charge in [-0.05, 0) is 25.1 Å². The third-order valence-corrected chi connectivity index (χ3v) is 2.78. The second kappa shape index (κ2) is 3.96. The number of halogens is 2. The van der Waals surface area contributed by atoms with Gasteiger partial charge in [-0.1, -0.05) is 23.2 Å². The molecule has 1 atom stereocenters. The fourth-order valence-electron chi connectivity index (χ4n) is 1.58. The molecule has 1 aliphatic heterocycles. The number of hydrogen-bond donors (Lipinski definition) is 1. The van der Waals surface area contributed by atoms with E-state index in [2.05, 4.69) is 5.32 Å². The number of carbonyl (C=O) groups excluding carboxylic acids is 2. The van der Waals surface area contributed by atoms with Crippen molar-refractivity contribution in [1.29, 1.82) is 0 Å². The largest absolute Gasteiger partial charge is 0.329 e. The lowest BCUT2D eigenvalue weighted by molar-refractivity contribution is -0.119. The monoisotopic (exact) mass is 258 g/mol. The highest BCUT2D eigenvalue weighted by atomic mass is 35.5. The van der Waals surface area contributed by atoms with Crippen LogP contribution in [0.25, 0.3) is 0 Å². The smallest absolute Gasteiger partial charge is 0.282 e. The van der Waals surface area contributed by atoms with Gasteiger partial charge < -0.3 is 0 Å². The maximum Gasteiger partial charge on any atom is 0.329 e. The zero-order valence-electron chi connectivity index (χ0n) is 8.33. The molecule has 16 heavy (non-hydrogen) atoms. The number of urea groups is 1. The van der Waals surface area contributed by atoms with Crippen molar-refractivity contribution in [2.75, 3.05) is 4.90 Å². The predicted octanol–water partition coefficient (Wildman–Crippen LogP) is 2.44. The Balaban J connectivity index is 2.44. The maximum atomic E-state index is 11.5. The van der Waals surface area contributed by atoms with E-state index in [0.717, 1.165) is 0 Å². The fraction of sp³-hybridized carbons (Fsp3) is 0.200. The highest BCUT2D eigenvalue weighted by molar-refractivity contribution is 6.35. The predicted molar refractivity (Wildman–Crippen MR) is 61.9 cm³/mol. The Kier molecular flexibility index (Phi) is 2.78. The minimum atomic E-state index is -0.554. The molecule has 3 amide bonds. The van der Waals surface area contributed by atoms with Crippen LogP contribution >= 0.6 is 23.2 Å². The molecular formula is C10H8Cl2N2O2. The van der Waals surface area contributed by atoms with Crippen LogP contribution in [0.5, 0.6) is 0 Å². The van der Waals surface area contributed by atoms with Gasteiger partial charge in [0.05, 0.1) is 0 Å². The lowest BCUT2D eigenvalue weighted by atomic mass is 10.2. The van der Waals surface area contributed by atoms with E-state index in [9.17, 15) is 9.59 Å². The van der Waals surface area contributed by atoms with E-state index >= 15 is 0 Å². The van der Waals surface area contributed by atoms with E-state index in [-0.39, 0.29) is 5.91 Å². The third-order valence-electron chi connectivity index (χ3n) is 2.34. The Hall–Kier alpha value is -1.26. The summed E-state index contributed by atoms with van der Waals surface area (Å²) in [4.78, 5) is 24.1. The molecule has 0 radical (unpaired) electrons. The van der Waals surface area contributed by atoms with E-state index < -0.39 is 12.1 Å². The maximum absolute atomic E-state index is 11.5. The second-order valence-corrected chi connectivity index (χ2v) is 4.34. The molecule has 6 heteroatoms. The van der Waals surface area contributed by atoms with Gasteiger partial charge in [-0.2, -0.15) is 0 Å². The molecule has 1 aromatic carbocycles. The fourth-order valence-corrected chi connectivity index (χ4v) is 2.10. The van der Waals surface area contributed by atoms with Crippen LogP contribution in [0.4, 0.5) is 10.5 Å².